The molecule has 0 saturated heterocycles. The first kappa shape index (κ1) is 17.8. The van der Waals surface area contributed by atoms with Crippen LogP contribution in [0.5, 0.6) is 0 Å². The van der Waals surface area contributed by atoms with Crippen molar-refractivity contribution in [3.63, 3.8) is 0 Å². The Morgan fingerprint density at radius 3 is 2.38 bits per heavy atom. The maximum absolute atomic E-state index is 12.2. The summed E-state index contributed by atoms with van der Waals surface area (Å²) in [4.78, 5) is 27.0. The fourth-order valence-corrected chi connectivity index (χ4v) is 2.11. The van der Waals surface area contributed by atoms with Gasteiger partial charge in [-0.3, -0.25) is 9.59 Å². The van der Waals surface area contributed by atoms with E-state index in [1.54, 1.807) is 30.1 Å². The molecule has 2 amide bonds. The molecule has 0 bridgehead atoms. The highest BCUT2D eigenvalue weighted by Crippen LogP contribution is 2.27. The Labute approximate surface area is 135 Å². The Kier molecular flexibility index (Phi) is 6.99. The minimum Gasteiger partial charge on any atom is -0.344 e. The molecule has 0 aliphatic heterocycles. The first-order valence-electron chi connectivity index (χ1n) is 6.84. The molecule has 0 saturated carbocycles. The highest BCUT2D eigenvalue weighted by molar-refractivity contribution is 6.42. The molecule has 116 valence electrons. The SMILES string of the molecule is CCCCN(C)C(=O)CN(C(C)=O)c1ccc(Cl)c(Cl)c1. The number of halogens is 2. The van der Waals surface area contributed by atoms with E-state index in [0.717, 1.165) is 12.8 Å². The molecule has 1 rings (SSSR count). The lowest BCUT2D eigenvalue weighted by molar-refractivity contribution is -0.130. The van der Waals surface area contributed by atoms with E-state index in [1.165, 1.54) is 11.8 Å². The minimum absolute atomic E-state index is 0.00644. The number of hydrogen-bond donors (Lipinski definition) is 0. The third kappa shape index (κ3) is 5.21. The molecule has 0 unspecified atom stereocenters. The second-order valence-corrected chi connectivity index (χ2v) is 5.69. The van der Waals surface area contributed by atoms with Crippen LogP contribution < -0.4 is 4.90 Å². The molecule has 0 fully saturated rings. The molecule has 4 nitrogen and oxygen atoms in total. The van der Waals surface area contributed by atoms with E-state index >= 15 is 0 Å². The lowest BCUT2D eigenvalue weighted by Gasteiger charge is -2.24. The summed E-state index contributed by atoms with van der Waals surface area (Å²) >= 11 is 11.8. The van der Waals surface area contributed by atoms with E-state index in [0.29, 0.717) is 22.3 Å². The molecule has 21 heavy (non-hydrogen) atoms. The monoisotopic (exact) mass is 330 g/mol. The molecule has 0 aromatic heterocycles. The van der Waals surface area contributed by atoms with Gasteiger partial charge in [-0.25, -0.2) is 0 Å². The number of amides is 2. The summed E-state index contributed by atoms with van der Waals surface area (Å²) in [7, 11) is 1.74. The number of likely N-dealkylation sites (N-methyl/N-ethyl adjacent to an activating group) is 1. The van der Waals surface area contributed by atoms with Gasteiger partial charge in [0.15, 0.2) is 0 Å². The Morgan fingerprint density at radius 1 is 1.19 bits per heavy atom. The van der Waals surface area contributed by atoms with Gasteiger partial charge >= 0.3 is 0 Å². The fraction of sp³-hybridized carbons (Fsp3) is 0.467. The normalized spacial score (nSPS) is 10.3. The molecule has 1 aromatic carbocycles. The van der Waals surface area contributed by atoms with Crippen molar-refractivity contribution in [1.29, 1.82) is 0 Å². The van der Waals surface area contributed by atoms with Crippen molar-refractivity contribution >= 4 is 40.7 Å². The number of hydrogen-bond acceptors (Lipinski definition) is 2. The first-order chi connectivity index (χ1) is 9.86. The van der Waals surface area contributed by atoms with Crippen LogP contribution >= 0.6 is 23.2 Å². The summed E-state index contributed by atoms with van der Waals surface area (Å²) in [5.74, 6) is -0.324. The van der Waals surface area contributed by atoms with Gasteiger partial charge in [0.05, 0.1) is 10.0 Å². The van der Waals surface area contributed by atoms with Crippen LogP contribution in [0, 0.1) is 0 Å². The van der Waals surface area contributed by atoms with Crippen molar-refractivity contribution in [2.75, 3.05) is 25.0 Å². The van der Waals surface area contributed by atoms with Gasteiger partial charge in [0.1, 0.15) is 6.54 Å². The maximum Gasteiger partial charge on any atom is 0.242 e. The van der Waals surface area contributed by atoms with Crippen molar-refractivity contribution in [2.45, 2.75) is 26.7 Å². The Hall–Kier alpha value is -1.26. The van der Waals surface area contributed by atoms with Crippen molar-refractivity contribution in [3.8, 4) is 0 Å². The highest BCUT2D eigenvalue weighted by Gasteiger charge is 2.18. The van der Waals surface area contributed by atoms with Gasteiger partial charge < -0.3 is 9.80 Å². The van der Waals surface area contributed by atoms with E-state index in [2.05, 4.69) is 6.92 Å². The number of unbranched alkanes of at least 4 members (excludes halogenated alkanes) is 1. The second kappa shape index (κ2) is 8.25. The molecule has 0 heterocycles. The maximum atomic E-state index is 12.2. The number of anilines is 1. The van der Waals surface area contributed by atoms with E-state index in [9.17, 15) is 9.59 Å². The number of carbonyl (C=O) groups is 2. The summed E-state index contributed by atoms with van der Waals surface area (Å²) in [5, 5.41) is 0.766. The smallest absolute Gasteiger partial charge is 0.242 e. The predicted molar refractivity (Wildman–Crippen MR) is 87.0 cm³/mol. The first-order valence-corrected chi connectivity index (χ1v) is 7.59. The lowest BCUT2D eigenvalue weighted by atomic mass is 10.2. The number of nitrogens with zero attached hydrogens (tertiary/aromatic N) is 2. The van der Waals surface area contributed by atoms with Crippen molar-refractivity contribution < 1.29 is 9.59 Å². The van der Waals surface area contributed by atoms with E-state index in [-0.39, 0.29) is 18.4 Å². The summed E-state index contributed by atoms with van der Waals surface area (Å²) in [5.41, 5.74) is 0.564. The van der Waals surface area contributed by atoms with E-state index in [1.807, 2.05) is 0 Å². The zero-order chi connectivity index (χ0) is 16.0. The van der Waals surface area contributed by atoms with Gasteiger partial charge in [0.2, 0.25) is 11.8 Å². The Morgan fingerprint density at radius 2 is 1.86 bits per heavy atom. The number of carbonyl (C=O) groups excluding carboxylic acids is 2. The molecule has 0 N–H and O–H groups in total. The van der Waals surface area contributed by atoms with Crippen LogP contribution in [-0.2, 0) is 9.59 Å². The molecule has 6 heteroatoms. The average molecular weight is 331 g/mol. The van der Waals surface area contributed by atoms with Gasteiger partial charge in [-0.15, -0.1) is 0 Å². The lowest BCUT2D eigenvalue weighted by Crippen LogP contribution is -2.41. The molecule has 0 spiro atoms. The van der Waals surface area contributed by atoms with Crippen LogP contribution in [0.2, 0.25) is 10.0 Å². The third-order valence-electron chi connectivity index (χ3n) is 3.16. The molecule has 0 radical (unpaired) electrons. The largest absolute Gasteiger partial charge is 0.344 e. The zero-order valence-electron chi connectivity index (χ0n) is 12.5. The van der Waals surface area contributed by atoms with Gasteiger partial charge in [0.25, 0.3) is 0 Å². The number of benzene rings is 1. The van der Waals surface area contributed by atoms with E-state index < -0.39 is 0 Å². The van der Waals surface area contributed by atoms with Crippen LogP contribution in [-0.4, -0.2) is 36.9 Å². The Bertz CT molecular complexity index is 520. The van der Waals surface area contributed by atoms with Crippen LogP contribution in [0.25, 0.3) is 0 Å². The van der Waals surface area contributed by atoms with Crippen LogP contribution in [0.1, 0.15) is 26.7 Å². The summed E-state index contributed by atoms with van der Waals surface area (Å²) in [6.45, 7) is 4.16. The van der Waals surface area contributed by atoms with Crippen LogP contribution in [0.4, 0.5) is 5.69 Å². The van der Waals surface area contributed by atoms with E-state index in [4.69, 9.17) is 23.2 Å². The predicted octanol–water partition coefficient (Wildman–Crippen LogP) is 3.60. The molecular formula is C15H20Cl2N2O2. The quantitative estimate of drug-likeness (QED) is 0.799. The van der Waals surface area contributed by atoms with Crippen molar-refractivity contribution in [2.24, 2.45) is 0 Å². The molecule has 1 aromatic rings. The summed E-state index contributed by atoms with van der Waals surface area (Å²) in [6.07, 6.45) is 1.95. The molecule has 0 atom stereocenters. The van der Waals surface area contributed by atoms with Crippen LogP contribution in [0.3, 0.4) is 0 Å². The standard InChI is InChI=1S/C15H20Cl2N2O2/c1-4-5-8-18(3)15(21)10-19(11(2)20)12-6-7-13(16)14(17)9-12/h6-7,9H,4-5,8,10H2,1-3H3. The molecule has 0 aliphatic carbocycles. The topological polar surface area (TPSA) is 40.6 Å². The van der Waals surface area contributed by atoms with Gasteiger partial charge in [-0.05, 0) is 24.6 Å². The van der Waals surface area contributed by atoms with Gasteiger partial charge in [-0.1, -0.05) is 36.5 Å². The molecule has 0 aliphatic rings. The fourth-order valence-electron chi connectivity index (χ4n) is 1.81. The van der Waals surface area contributed by atoms with Crippen molar-refractivity contribution in [3.05, 3.63) is 28.2 Å². The summed E-state index contributed by atoms with van der Waals surface area (Å²) < 4.78 is 0. The highest BCUT2D eigenvalue weighted by atomic mass is 35.5. The Balaban J connectivity index is 2.85. The summed E-state index contributed by atoms with van der Waals surface area (Å²) in [6, 6.07) is 4.87. The van der Waals surface area contributed by atoms with Gasteiger partial charge in [0, 0.05) is 26.2 Å². The van der Waals surface area contributed by atoms with Gasteiger partial charge in [-0.2, -0.15) is 0 Å². The minimum atomic E-state index is -0.217. The van der Waals surface area contributed by atoms with Crippen LogP contribution in [0.15, 0.2) is 18.2 Å². The average Bonchev–Trinajstić information content (AvgIpc) is 2.44. The molecular weight excluding hydrogens is 311 g/mol. The zero-order valence-corrected chi connectivity index (χ0v) is 14.0. The third-order valence-corrected chi connectivity index (χ3v) is 3.90. The second-order valence-electron chi connectivity index (χ2n) is 4.87. The van der Waals surface area contributed by atoms with Crippen molar-refractivity contribution in [1.82, 2.24) is 4.90 Å². The number of rotatable bonds is 6.